The highest BCUT2D eigenvalue weighted by Crippen LogP contribution is 2.29. The van der Waals surface area contributed by atoms with Crippen molar-refractivity contribution in [2.24, 2.45) is 0 Å². The van der Waals surface area contributed by atoms with Crippen LogP contribution in [0.4, 0.5) is 0 Å². The molecule has 0 unspecified atom stereocenters. The number of hydrogen-bond donors (Lipinski definition) is 0. The Morgan fingerprint density at radius 2 is 2.07 bits per heavy atom. The van der Waals surface area contributed by atoms with Crippen LogP contribution in [0.25, 0.3) is 10.6 Å². The Balaban J connectivity index is 2.57. The zero-order valence-electron chi connectivity index (χ0n) is 8.04. The zero-order valence-corrected chi connectivity index (χ0v) is 10.4. The maximum atomic E-state index is 4.42. The van der Waals surface area contributed by atoms with E-state index in [1.807, 2.05) is 5.38 Å². The third-order valence-corrected chi connectivity index (χ3v) is 3.90. The van der Waals surface area contributed by atoms with Gasteiger partial charge in [-0.05, 0) is 40.9 Å². The Bertz CT molecular complexity index is 462. The van der Waals surface area contributed by atoms with Crippen LogP contribution in [0, 0.1) is 13.8 Å². The number of aryl methyl sites for hydroxylation is 1. The van der Waals surface area contributed by atoms with Gasteiger partial charge in [0.1, 0.15) is 9.61 Å². The lowest BCUT2D eigenvalue weighted by atomic mass is 10.0. The summed E-state index contributed by atoms with van der Waals surface area (Å²) in [5, 5.41) is 3.09. The number of hydrogen-bond acceptors (Lipinski definition) is 2. The Morgan fingerprint density at radius 1 is 1.29 bits per heavy atom. The van der Waals surface area contributed by atoms with Gasteiger partial charge in [0.2, 0.25) is 0 Å². The molecule has 3 heteroatoms. The second-order valence-corrected chi connectivity index (χ2v) is 4.89. The van der Waals surface area contributed by atoms with Crippen molar-refractivity contribution in [1.82, 2.24) is 4.98 Å². The first-order valence-corrected chi connectivity index (χ1v) is 6.03. The summed E-state index contributed by atoms with van der Waals surface area (Å²) in [5.74, 6) is 0. The van der Waals surface area contributed by atoms with Gasteiger partial charge >= 0.3 is 0 Å². The van der Waals surface area contributed by atoms with Crippen molar-refractivity contribution < 1.29 is 0 Å². The van der Waals surface area contributed by atoms with E-state index in [0.717, 1.165) is 9.61 Å². The summed E-state index contributed by atoms with van der Waals surface area (Å²) in [5.41, 5.74) is 3.86. The Morgan fingerprint density at radius 3 is 2.71 bits per heavy atom. The fourth-order valence-electron chi connectivity index (χ4n) is 1.36. The average molecular weight is 268 g/mol. The number of benzene rings is 1. The molecule has 0 aliphatic carbocycles. The van der Waals surface area contributed by atoms with Gasteiger partial charge in [-0.2, -0.15) is 0 Å². The lowest BCUT2D eigenvalue weighted by Gasteiger charge is -2.04. The van der Waals surface area contributed by atoms with E-state index in [4.69, 9.17) is 0 Å². The van der Waals surface area contributed by atoms with Crippen molar-refractivity contribution in [3.8, 4) is 10.6 Å². The van der Waals surface area contributed by atoms with E-state index in [-0.39, 0.29) is 0 Å². The summed E-state index contributed by atoms with van der Waals surface area (Å²) in [4.78, 5) is 4.42. The summed E-state index contributed by atoms with van der Waals surface area (Å²) in [6.45, 7) is 4.27. The quantitative estimate of drug-likeness (QED) is 0.755. The van der Waals surface area contributed by atoms with Crippen molar-refractivity contribution >= 4 is 27.3 Å². The van der Waals surface area contributed by atoms with Gasteiger partial charge in [-0.25, -0.2) is 4.98 Å². The molecule has 14 heavy (non-hydrogen) atoms. The molecule has 0 saturated carbocycles. The highest BCUT2D eigenvalue weighted by atomic mass is 79.9. The zero-order chi connectivity index (χ0) is 10.1. The van der Waals surface area contributed by atoms with E-state index in [2.05, 4.69) is 53.0 Å². The van der Waals surface area contributed by atoms with Gasteiger partial charge in [-0.15, -0.1) is 11.3 Å². The van der Waals surface area contributed by atoms with Crippen LogP contribution in [0.5, 0.6) is 0 Å². The summed E-state index contributed by atoms with van der Waals surface area (Å²) in [6, 6.07) is 6.32. The molecule has 0 N–H and O–H groups in total. The first-order valence-electron chi connectivity index (χ1n) is 4.36. The minimum absolute atomic E-state index is 0.915. The molecule has 0 aliphatic heterocycles. The van der Waals surface area contributed by atoms with Crippen LogP contribution in [-0.4, -0.2) is 4.98 Å². The van der Waals surface area contributed by atoms with Crippen LogP contribution in [0.3, 0.4) is 0 Å². The topological polar surface area (TPSA) is 12.9 Å². The van der Waals surface area contributed by atoms with Crippen LogP contribution in [0.1, 0.15) is 11.1 Å². The lowest BCUT2D eigenvalue weighted by Crippen LogP contribution is -1.85. The molecule has 2 aromatic rings. The molecule has 0 atom stereocenters. The fourth-order valence-corrected chi connectivity index (χ4v) is 2.70. The smallest absolute Gasteiger partial charge is 0.124 e. The van der Waals surface area contributed by atoms with Gasteiger partial charge in [0.05, 0.1) is 0 Å². The predicted octanol–water partition coefficient (Wildman–Crippen LogP) is 4.19. The normalized spacial score (nSPS) is 10.5. The van der Waals surface area contributed by atoms with E-state index in [0.29, 0.717) is 0 Å². The molecule has 1 nitrogen and oxygen atoms in total. The molecule has 0 spiro atoms. The summed E-state index contributed by atoms with van der Waals surface area (Å²) < 4.78 is 0.915. The van der Waals surface area contributed by atoms with Crippen molar-refractivity contribution in [3.05, 3.63) is 39.3 Å². The fraction of sp³-hybridized carbons (Fsp3) is 0.182. The minimum Gasteiger partial charge on any atom is -0.229 e. The van der Waals surface area contributed by atoms with E-state index >= 15 is 0 Å². The van der Waals surface area contributed by atoms with Crippen molar-refractivity contribution in [3.63, 3.8) is 0 Å². The molecule has 0 fully saturated rings. The van der Waals surface area contributed by atoms with Gasteiger partial charge in [0.25, 0.3) is 0 Å². The molecule has 2 rings (SSSR count). The molecule has 0 aliphatic rings. The van der Waals surface area contributed by atoms with Crippen LogP contribution < -0.4 is 0 Å². The highest BCUT2D eigenvalue weighted by Gasteiger charge is 2.06. The van der Waals surface area contributed by atoms with Crippen molar-refractivity contribution in [2.45, 2.75) is 13.8 Å². The maximum Gasteiger partial charge on any atom is 0.124 e. The molecule has 1 heterocycles. The predicted molar refractivity (Wildman–Crippen MR) is 64.7 cm³/mol. The molecule has 1 aromatic carbocycles. The summed E-state index contributed by atoms with van der Waals surface area (Å²) in [6.07, 6.45) is 0. The maximum absolute atomic E-state index is 4.42. The first kappa shape index (κ1) is 9.87. The second-order valence-electron chi connectivity index (χ2n) is 3.22. The Labute approximate surface area is 95.9 Å². The second kappa shape index (κ2) is 3.83. The SMILES string of the molecule is Cc1cccc(-c2nc(Br)cs2)c1C. The third-order valence-electron chi connectivity index (χ3n) is 2.31. The number of thiazole rings is 1. The van der Waals surface area contributed by atoms with E-state index in [1.54, 1.807) is 11.3 Å². The number of nitrogens with zero attached hydrogens (tertiary/aromatic N) is 1. The summed E-state index contributed by atoms with van der Waals surface area (Å²) in [7, 11) is 0. The summed E-state index contributed by atoms with van der Waals surface area (Å²) >= 11 is 5.04. The van der Waals surface area contributed by atoms with Crippen LogP contribution in [-0.2, 0) is 0 Å². The van der Waals surface area contributed by atoms with Gasteiger partial charge in [-0.3, -0.25) is 0 Å². The van der Waals surface area contributed by atoms with E-state index in [1.165, 1.54) is 16.7 Å². The van der Waals surface area contributed by atoms with Crippen molar-refractivity contribution in [2.75, 3.05) is 0 Å². The van der Waals surface area contributed by atoms with Crippen LogP contribution >= 0.6 is 27.3 Å². The van der Waals surface area contributed by atoms with E-state index in [9.17, 15) is 0 Å². The largest absolute Gasteiger partial charge is 0.229 e. The standard InChI is InChI=1S/C11H10BrNS/c1-7-4-3-5-9(8(7)2)11-13-10(12)6-14-11/h3-6H,1-2H3. The average Bonchev–Trinajstić information content (AvgIpc) is 2.57. The lowest BCUT2D eigenvalue weighted by molar-refractivity contribution is 1.30. The molecule has 1 aromatic heterocycles. The molecule has 72 valence electrons. The monoisotopic (exact) mass is 267 g/mol. The van der Waals surface area contributed by atoms with Crippen LogP contribution in [0.15, 0.2) is 28.2 Å². The van der Waals surface area contributed by atoms with Gasteiger partial charge < -0.3 is 0 Å². The van der Waals surface area contributed by atoms with Gasteiger partial charge in [0, 0.05) is 10.9 Å². The van der Waals surface area contributed by atoms with Gasteiger partial charge in [-0.1, -0.05) is 18.2 Å². The highest BCUT2D eigenvalue weighted by molar-refractivity contribution is 9.10. The molecule has 0 radical (unpaired) electrons. The molecule has 0 amide bonds. The molecule has 0 bridgehead atoms. The molecular weight excluding hydrogens is 258 g/mol. The molecular formula is C11H10BrNS. The van der Waals surface area contributed by atoms with Crippen molar-refractivity contribution in [1.29, 1.82) is 0 Å². The number of rotatable bonds is 1. The Kier molecular flexibility index (Phi) is 2.70. The number of aromatic nitrogens is 1. The van der Waals surface area contributed by atoms with Gasteiger partial charge in [0.15, 0.2) is 0 Å². The Hall–Kier alpha value is -0.670. The third kappa shape index (κ3) is 1.74. The van der Waals surface area contributed by atoms with Crippen LogP contribution in [0.2, 0.25) is 0 Å². The first-order chi connectivity index (χ1) is 6.68. The number of halogens is 1. The minimum atomic E-state index is 0.915. The van der Waals surface area contributed by atoms with E-state index < -0.39 is 0 Å². The molecule has 0 saturated heterocycles.